The van der Waals surface area contributed by atoms with Gasteiger partial charge in [0, 0.05) is 0 Å². The van der Waals surface area contributed by atoms with Crippen LogP contribution in [-0.4, -0.2) is 58.4 Å². The topological polar surface area (TPSA) is 36.8 Å². The van der Waals surface area contributed by atoms with Gasteiger partial charge in [-0.1, -0.05) is 0 Å². The molecule has 0 aromatic heterocycles. The number of thioether (sulfide) groups is 1. The standard InChI is InChI=1S/C7H11N5S/c8-1-13-7-11-3-9-2-10(5-11)6-12(7)4-9/h7H,2-6H2. The smallest absolute Gasteiger partial charge is 0.136 e. The van der Waals surface area contributed by atoms with E-state index in [1.165, 1.54) is 11.8 Å². The largest absolute Gasteiger partial charge is 0.264 e. The lowest BCUT2D eigenvalue weighted by Crippen LogP contribution is -2.74. The van der Waals surface area contributed by atoms with E-state index in [0.717, 1.165) is 33.3 Å². The highest BCUT2D eigenvalue weighted by atomic mass is 32.2. The van der Waals surface area contributed by atoms with E-state index in [2.05, 4.69) is 25.0 Å². The molecule has 4 rings (SSSR count). The van der Waals surface area contributed by atoms with Gasteiger partial charge >= 0.3 is 0 Å². The maximum atomic E-state index is 8.68. The van der Waals surface area contributed by atoms with Crippen molar-refractivity contribution in [3.8, 4) is 5.40 Å². The van der Waals surface area contributed by atoms with Crippen molar-refractivity contribution < 1.29 is 0 Å². The molecule has 4 aliphatic heterocycles. The SMILES string of the molecule is N#CSC1N2CN3CN(C2)CN1C3. The summed E-state index contributed by atoms with van der Waals surface area (Å²) in [5.74, 6) is 0. The maximum Gasteiger partial charge on any atom is 0.136 e. The van der Waals surface area contributed by atoms with E-state index < -0.39 is 0 Å². The Morgan fingerprint density at radius 2 is 1.54 bits per heavy atom. The molecule has 0 saturated carbocycles. The van der Waals surface area contributed by atoms with Crippen LogP contribution in [0.15, 0.2) is 0 Å². The predicted octanol–water partition coefficient (Wildman–Crippen LogP) is -0.479. The average molecular weight is 197 g/mol. The monoisotopic (exact) mass is 197 g/mol. The minimum absolute atomic E-state index is 0.290. The molecule has 4 heterocycles. The molecule has 5 nitrogen and oxygen atoms in total. The lowest BCUT2D eigenvalue weighted by molar-refractivity contribution is -0.206. The van der Waals surface area contributed by atoms with Gasteiger partial charge in [0.25, 0.3) is 0 Å². The summed E-state index contributed by atoms with van der Waals surface area (Å²) in [5, 5.41) is 10.9. The quantitative estimate of drug-likeness (QED) is 0.529. The average Bonchev–Trinajstić information content (AvgIpc) is 2.10. The van der Waals surface area contributed by atoms with Crippen molar-refractivity contribution in [2.24, 2.45) is 0 Å². The zero-order valence-corrected chi connectivity index (χ0v) is 8.07. The van der Waals surface area contributed by atoms with E-state index in [1.807, 2.05) is 0 Å². The molecule has 0 radical (unpaired) electrons. The van der Waals surface area contributed by atoms with Gasteiger partial charge in [0.15, 0.2) is 0 Å². The van der Waals surface area contributed by atoms with Crippen LogP contribution in [0.4, 0.5) is 0 Å². The Morgan fingerprint density at radius 1 is 1.00 bits per heavy atom. The van der Waals surface area contributed by atoms with Crippen molar-refractivity contribution in [1.82, 2.24) is 19.6 Å². The van der Waals surface area contributed by atoms with Crippen molar-refractivity contribution in [1.29, 1.82) is 5.26 Å². The third kappa shape index (κ3) is 1.16. The minimum Gasteiger partial charge on any atom is -0.264 e. The summed E-state index contributed by atoms with van der Waals surface area (Å²) >= 11 is 1.37. The van der Waals surface area contributed by atoms with E-state index in [0.29, 0.717) is 0 Å². The minimum atomic E-state index is 0.290. The highest BCUT2D eigenvalue weighted by Crippen LogP contribution is 2.31. The maximum absolute atomic E-state index is 8.68. The molecule has 6 heteroatoms. The van der Waals surface area contributed by atoms with Gasteiger partial charge in [0.1, 0.15) is 10.9 Å². The summed E-state index contributed by atoms with van der Waals surface area (Å²) in [6.07, 6.45) is 0. The fourth-order valence-corrected chi connectivity index (χ4v) is 3.03. The molecule has 0 spiro atoms. The Bertz CT molecular complexity index is 234. The fourth-order valence-electron chi connectivity index (χ4n) is 2.37. The zero-order chi connectivity index (χ0) is 8.84. The van der Waals surface area contributed by atoms with E-state index in [-0.39, 0.29) is 5.50 Å². The van der Waals surface area contributed by atoms with Crippen LogP contribution >= 0.6 is 11.8 Å². The Balaban J connectivity index is 1.82. The Hall–Kier alpha value is -0.320. The Morgan fingerprint density at radius 3 is 2.00 bits per heavy atom. The predicted molar refractivity (Wildman–Crippen MR) is 48.7 cm³/mol. The highest BCUT2D eigenvalue weighted by Gasteiger charge is 2.43. The number of nitrogens with zero attached hydrogens (tertiary/aromatic N) is 5. The number of rotatable bonds is 1. The molecule has 4 fully saturated rings. The molecule has 70 valence electrons. The van der Waals surface area contributed by atoms with Crippen LogP contribution in [0.2, 0.25) is 0 Å². The molecular formula is C7H11N5S. The molecule has 4 bridgehead atoms. The molecule has 4 saturated heterocycles. The number of hydrogen-bond donors (Lipinski definition) is 0. The molecule has 0 aromatic rings. The summed E-state index contributed by atoms with van der Waals surface area (Å²) in [6.45, 7) is 5.17. The van der Waals surface area contributed by atoms with Crippen molar-refractivity contribution in [2.45, 2.75) is 5.50 Å². The van der Waals surface area contributed by atoms with Crippen LogP contribution in [0, 0.1) is 10.7 Å². The summed E-state index contributed by atoms with van der Waals surface area (Å²) in [5.41, 5.74) is 0.290. The lowest BCUT2D eigenvalue weighted by Gasteiger charge is -2.59. The van der Waals surface area contributed by atoms with Gasteiger partial charge in [0.2, 0.25) is 0 Å². The fraction of sp³-hybridized carbons (Fsp3) is 0.857. The van der Waals surface area contributed by atoms with Gasteiger partial charge in [-0.25, -0.2) is 0 Å². The molecule has 0 amide bonds. The van der Waals surface area contributed by atoms with Crippen LogP contribution in [0.3, 0.4) is 0 Å². The molecule has 0 aliphatic carbocycles. The van der Waals surface area contributed by atoms with E-state index in [1.54, 1.807) is 0 Å². The van der Waals surface area contributed by atoms with Gasteiger partial charge in [0.05, 0.1) is 33.3 Å². The molecule has 13 heavy (non-hydrogen) atoms. The Labute approximate surface area is 81.5 Å². The van der Waals surface area contributed by atoms with E-state index in [4.69, 9.17) is 5.26 Å². The molecule has 0 atom stereocenters. The van der Waals surface area contributed by atoms with Crippen LogP contribution in [-0.2, 0) is 0 Å². The zero-order valence-electron chi connectivity index (χ0n) is 7.26. The number of hydrogen-bond acceptors (Lipinski definition) is 6. The van der Waals surface area contributed by atoms with Gasteiger partial charge in [-0.05, 0) is 11.8 Å². The second-order valence-corrected chi connectivity index (χ2v) is 4.60. The Kier molecular flexibility index (Phi) is 1.75. The third-order valence-electron chi connectivity index (χ3n) is 2.71. The second kappa shape index (κ2) is 2.83. The van der Waals surface area contributed by atoms with E-state index >= 15 is 0 Å². The second-order valence-electron chi connectivity index (χ2n) is 3.76. The van der Waals surface area contributed by atoms with Crippen LogP contribution in [0.1, 0.15) is 0 Å². The van der Waals surface area contributed by atoms with Crippen molar-refractivity contribution in [2.75, 3.05) is 33.3 Å². The first-order valence-corrected chi connectivity index (χ1v) is 5.22. The number of nitriles is 1. The summed E-state index contributed by atoms with van der Waals surface area (Å²) in [4.78, 5) is 9.46. The normalized spacial score (nSPS) is 52.1. The van der Waals surface area contributed by atoms with E-state index in [9.17, 15) is 0 Å². The van der Waals surface area contributed by atoms with Crippen molar-refractivity contribution >= 4 is 11.8 Å². The van der Waals surface area contributed by atoms with Crippen LogP contribution in [0.5, 0.6) is 0 Å². The van der Waals surface area contributed by atoms with Crippen LogP contribution in [0.25, 0.3) is 0 Å². The summed E-state index contributed by atoms with van der Waals surface area (Å²) in [6, 6.07) is 0. The molecule has 0 unspecified atom stereocenters. The first-order valence-electron chi connectivity index (χ1n) is 4.34. The van der Waals surface area contributed by atoms with Gasteiger partial charge in [-0.15, -0.1) is 0 Å². The third-order valence-corrected chi connectivity index (χ3v) is 3.62. The van der Waals surface area contributed by atoms with Gasteiger partial charge < -0.3 is 0 Å². The van der Waals surface area contributed by atoms with Crippen molar-refractivity contribution in [3.63, 3.8) is 0 Å². The highest BCUT2D eigenvalue weighted by molar-refractivity contribution is 8.04. The molecule has 4 aliphatic rings. The molecular weight excluding hydrogens is 186 g/mol. The summed E-state index contributed by atoms with van der Waals surface area (Å²) < 4.78 is 0. The summed E-state index contributed by atoms with van der Waals surface area (Å²) in [7, 11) is 0. The first-order chi connectivity index (χ1) is 6.36. The number of thiocyanates is 1. The first kappa shape index (κ1) is 8.03. The molecule has 0 aromatic carbocycles. The van der Waals surface area contributed by atoms with Crippen molar-refractivity contribution in [3.05, 3.63) is 0 Å². The molecule has 0 N–H and O–H groups in total. The van der Waals surface area contributed by atoms with Crippen LogP contribution < -0.4 is 0 Å². The van der Waals surface area contributed by atoms with Gasteiger partial charge in [-0.3, -0.25) is 19.6 Å². The van der Waals surface area contributed by atoms with Gasteiger partial charge in [-0.2, -0.15) is 5.26 Å². The lowest BCUT2D eigenvalue weighted by atomic mass is 10.4.